The van der Waals surface area contributed by atoms with Crippen molar-refractivity contribution in [2.45, 2.75) is 51.6 Å². The molecular weight excluding hydrogens is 332 g/mol. The van der Waals surface area contributed by atoms with Crippen molar-refractivity contribution >= 4 is 5.82 Å². The van der Waals surface area contributed by atoms with E-state index in [0.29, 0.717) is 6.04 Å². The second-order valence-electron chi connectivity index (χ2n) is 8.05. The quantitative estimate of drug-likeness (QED) is 0.747. The number of benzene rings is 1. The second-order valence-corrected chi connectivity index (χ2v) is 8.05. The number of aromatic nitrogens is 1. The Labute approximate surface area is 163 Å². The minimum absolute atomic E-state index is 0.508. The molecule has 1 atom stereocenters. The molecule has 2 aliphatic heterocycles. The summed E-state index contributed by atoms with van der Waals surface area (Å²) in [5, 5.41) is 7.12. The van der Waals surface area contributed by atoms with Crippen molar-refractivity contribution in [3.05, 3.63) is 47.2 Å². The number of nitrogens with zero attached hydrogens (tertiary/aromatic N) is 2. The summed E-state index contributed by atoms with van der Waals surface area (Å²) in [5.41, 5.74) is 7.13. The predicted octanol–water partition coefficient (Wildman–Crippen LogP) is 4.37. The maximum absolute atomic E-state index is 4.64. The number of unbranched alkanes of at least 4 members (excludes halogenated alkanes) is 1. The molecule has 3 heterocycles. The highest BCUT2D eigenvalue weighted by Crippen LogP contribution is 2.35. The summed E-state index contributed by atoms with van der Waals surface area (Å²) in [5.74, 6) is 0.976. The highest BCUT2D eigenvalue weighted by atomic mass is 15.1. The van der Waals surface area contributed by atoms with Crippen LogP contribution in [0.2, 0.25) is 0 Å². The number of likely N-dealkylation sites (N-methyl/N-ethyl adjacent to an activating group) is 1. The lowest BCUT2D eigenvalue weighted by molar-refractivity contribution is 0.310. The first kappa shape index (κ1) is 18.5. The monoisotopic (exact) mass is 364 g/mol. The van der Waals surface area contributed by atoms with Gasteiger partial charge in [0.05, 0.1) is 0 Å². The van der Waals surface area contributed by atoms with E-state index in [9.17, 15) is 0 Å². The van der Waals surface area contributed by atoms with Crippen LogP contribution in [-0.4, -0.2) is 36.6 Å². The van der Waals surface area contributed by atoms with E-state index >= 15 is 0 Å². The van der Waals surface area contributed by atoms with Gasteiger partial charge in [0.25, 0.3) is 0 Å². The molecule has 1 aromatic heterocycles. The van der Waals surface area contributed by atoms with Crippen LogP contribution >= 0.6 is 0 Å². The fourth-order valence-electron chi connectivity index (χ4n) is 4.32. The Bertz CT molecular complexity index is 763. The molecule has 1 saturated heterocycles. The summed E-state index contributed by atoms with van der Waals surface area (Å²) in [6, 6.07) is 9.66. The number of hydrogen-bond donors (Lipinski definition) is 2. The summed E-state index contributed by atoms with van der Waals surface area (Å²) in [6.45, 7) is 6.56. The van der Waals surface area contributed by atoms with E-state index in [1.54, 1.807) is 5.56 Å². The molecule has 2 aromatic rings. The Morgan fingerprint density at radius 1 is 1.26 bits per heavy atom. The fraction of sp³-hybridized carbons (Fsp3) is 0.522. The molecule has 4 nitrogen and oxygen atoms in total. The summed E-state index contributed by atoms with van der Waals surface area (Å²) < 4.78 is 0. The Kier molecular flexibility index (Phi) is 5.74. The van der Waals surface area contributed by atoms with E-state index in [-0.39, 0.29) is 0 Å². The number of pyridine rings is 1. The minimum Gasteiger partial charge on any atom is -0.370 e. The Hall–Kier alpha value is -1.91. The van der Waals surface area contributed by atoms with Gasteiger partial charge in [0.15, 0.2) is 0 Å². The molecule has 0 amide bonds. The van der Waals surface area contributed by atoms with Gasteiger partial charge in [-0.1, -0.05) is 19.4 Å². The Morgan fingerprint density at radius 3 is 2.93 bits per heavy atom. The maximum Gasteiger partial charge on any atom is 0.125 e. The van der Waals surface area contributed by atoms with Gasteiger partial charge >= 0.3 is 0 Å². The number of rotatable bonds is 6. The predicted molar refractivity (Wildman–Crippen MR) is 113 cm³/mol. The van der Waals surface area contributed by atoms with E-state index < -0.39 is 0 Å². The van der Waals surface area contributed by atoms with E-state index in [1.807, 2.05) is 6.20 Å². The largest absolute Gasteiger partial charge is 0.370 e. The van der Waals surface area contributed by atoms with E-state index in [2.05, 4.69) is 58.8 Å². The molecule has 2 N–H and O–H groups in total. The van der Waals surface area contributed by atoms with E-state index in [1.165, 1.54) is 47.9 Å². The first-order valence-electron chi connectivity index (χ1n) is 10.5. The third kappa shape index (κ3) is 4.17. The Balaban J connectivity index is 1.63. The van der Waals surface area contributed by atoms with Gasteiger partial charge in [-0.25, -0.2) is 4.98 Å². The first-order chi connectivity index (χ1) is 13.2. The van der Waals surface area contributed by atoms with Gasteiger partial charge in [-0.15, -0.1) is 0 Å². The molecule has 27 heavy (non-hydrogen) atoms. The lowest BCUT2D eigenvalue weighted by Gasteiger charge is -2.29. The fourth-order valence-corrected chi connectivity index (χ4v) is 4.32. The average Bonchev–Trinajstić information content (AvgIpc) is 3.22. The van der Waals surface area contributed by atoms with Crippen molar-refractivity contribution in [3.8, 4) is 11.1 Å². The third-order valence-corrected chi connectivity index (χ3v) is 5.94. The maximum atomic E-state index is 4.64. The second kappa shape index (κ2) is 8.41. The van der Waals surface area contributed by atoms with Gasteiger partial charge in [-0.05, 0) is 79.7 Å². The van der Waals surface area contributed by atoms with Crippen molar-refractivity contribution in [1.82, 2.24) is 15.2 Å². The van der Waals surface area contributed by atoms with Gasteiger partial charge in [0.2, 0.25) is 0 Å². The smallest absolute Gasteiger partial charge is 0.125 e. The molecule has 0 saturated carbocycles. The van der Waals surface area contributed by atoms with Gasteiger partial charge in [-0.2, -0.15) is 0 Å². The van der Waals surface area contributed by atoms with E-state index in [0.717, 1.165) is 38.4 Å². The third-order valence-electron chi connectivity index (χ3n) is 5.94. The molecule has 2 aliphatic rings. The molecular formula is C23H32N4. The molecule has 144 valence electrons. The molecule has 0 bridgehead atoms. The molecule has 0 spiro atoms. The minimum atomic E-state index is 0.508. The standard InChI is InChI=1S/C23H32N4/c1-3-4-10-25-23-8-7-18(15-26-23)19-13-17-9-12-27(2)16-21(17)20(14-19)22-6-5-11-24-22/h7-8,13-15,22,24H,3-6,9-12,16H2,1-2H3,(H,25,26). The highest BCUT2D eigenvalue weighted by Gasteiger charge is 2.25. The van der Waals surface area contributed by atoms with Crippen LogP contribution in [0.4, 0.5) is 5.82 Å². The number of fused-ring (bicyclic) bond motifs is 1. The van der Waals surface area contributed by atoms with Crippen LogP contribution in [0.1, 0.15) is 55.3 Å². The van der Waals surface area contributed by atoms with Crippen LogP contribution in [0.15, 0.2) is 30.5 Å². The van der Waals surface area contributed by atoms with Crippen LogP contribution in [0.5, 0.6) is 0 Å². The molecule has 0 radical (unpaired) electrons. The number of nitrogens with one attached hydrogen (secondary N) is 2. The topological polar surface area (TPSA) is 40.2 Å². The molecule has 1 unspecified atom stereocenters. The lowest BCUT2D eigenvalue weighted by atomic mass is 9.87. The molecule has 4 heteroatoms. The lowest BCUT2D eigenvalue weighted by Crippen LogP contribution is -2.29. The summed E-state index contributed by atoms with van der Waals surface area (Å²) in [4.78, 5) is 7.09. The van der Waals surface area contributed by atoms with Gasteiger partial charge in [0.1, 0.15) is 5.82 Å². The van der Waals surface area contributed by atoms with Crippen molar-refractivity contribution < 1.29 is 0 Å². The van der Waals surface area contributed by atoms with Crippen molar-refractivity contribution in [2.75, 3.05) is 32.0 Å². The van der Waals surface area contributed by atoms with Crippen LogP contribution in [-0.2, 0) is 13.0 Å². The van der Waals surface area contributed by atoms with Crippen molar-refractivity contribution in [1.29, 1.82) is 0 Å². The van der Waals surface area contributed by atoms with Gasteiger partial charge < -0.3 is 15.5 Å². The average molecular weight is 365 g/mol. The normalized spacial score (nSPS) is 19.9. The summed E-state index contributed by atoms with van der Waals surface area (Å²) in [6.07, 6.45) is 8.07. The van der Waals surface area contributed by atoms with Gasteiger partial charge in [0, 0.05) is 37.4 Å². The molecule has 0 aliphatic carbocycles. The van der Waals surface area contributed by atoms with Crippen LogP contribution in [0.3, 0.4) is 0 Å². The SMILES string of the molecule is CCCCNc1ccc(-c2cc3c(c(C4CCCN4)c2)CN(C)CC3)cn1. The molecule has 1 fully saturated rings. The number of hydrogen-bond acceptors (Lipinski definition) is 4. The molecule has 4 rings (SSSR count). The first-order valence-corrected chi connectivity index (χ1v) is 10.5. The van der Waals surface area contributed by atoms with Crippen LogP contribution in [0, 0.1) is 0 Å². The van der Waals surface area contributed by atoms with E-state index in [4.69, 9.17) is 0 Å². The zero-order valence-electron chi connectivity index (χ0n) is 16.7. The zero-order chi connectivity index (χ0) is 18.6. The van der Waals surface area contributed by atoms with Crippen LogP contribution in [0.25, 0.3) is 11.1 Å². The zero-order valence-corrected chi connectivity index (χ0v) is 16.7. The highest BCUT2D eigenvalue weighted by molar-refractivity contribution is 5.67. The number of anilines is 1. The van der Waals surface area contributed by atoms with Crippen molar-refractivity contribution in [2.24, 2.45) is 0 Å². The van der Waals surface area contributed by atoms with Crippen molar-refractivity contribution in [3.63, 3.8) is 0 Å². The summed E-state index contributed by atoms with van der Waals surface area (Å²) in [7, 11) is 2.23. The molecule has 1 aromatic carbocycles. The summed E-state index contributed by atoms with van der Waals surface area (Å²) >= 11 is 0. The van der Waals surface area contributed by atoms with Crippen LogP contribution < -0.4 is 10.6 Å². The van der Waals surface area contributed by atoms with Gasteiger partial charge in [-0.3, -0.25) is 0 Å². The Morgan fingerprint density at radius 2 is 2.19 bits per heavy atom.